The molecule has 0 saturated carbocycles. The Morgan fingerprint density at radius 3 is 2.77 bits per heavy atom. The fourth-order valence-corrected chi connectivity index (χ4v) is 3.21. The molecule has 3 rings (SSSR count). The van der Waals surface area contributed by atoms with Gasteiger partial charge in [-0.25, -0.2) is 4.98 Å². The van der Waals surface area contributed by atoms with Gasteiger partial charge in [-0.2, -0.15) is 0 Å². The summed E-state index contributed by atoms with van der Waals surface area (Å²) in [5.41, 5.74) is 1.99. The van der Waals surface area contributed by atoms with Gasteiger partial charge in [0.15, 0.2) is 0 Å². The number of benzene rings is 2. The van der Waals surface area contributed by atoms with Crippen LogP contribution in [0, 0.1) is 0 Å². The van der Waals surface area contributed by atoms with Crippen LogP contribution in [0.3, 0.4) is 0 Å². The molecule has 0 spiro atoms. The molecule has 0 aliphatic rings. The zero-order valence-corrected chi connectivity index (χ0v) is 13.4. The summed E-state index contributed by atoms with van der Waals surface area (Å²) in [7, 11) is 0. The third-order valence-corrected chi connectivity index (χ3v) is 4.75. The van der Waals surface area contributed by atoms with Crippen molar-refractivity contribution in [2.45, 2.75) is 26.0 Å². The first-order valence-corrected chi connectivity index (χ1v) is 8.45. The van der Waals surface area contributed by atoms with E-state index >= 15 is 0 Å². The van der Waals surface area contributed by atoms with Crippen LogP contribution in [0.25, 0.3) is 10.8 Å². The van der Waals surface area contributed by atoms with E-state index in [1.165, 1.54) is 5.39 Å². The number of aliphatic hydroxyl groups excluding tert-OH is 1. The van der Waals surface area contributed by atoms with Crippen LogP contribution in [-0.4, -0.2) is 16.6 Å². The van der Waals surface area contributed by atoms with Crippen LogP contribution in [0.2, 0.25) is 0 Å². The molecule has 0 radical (unpaired) electrons. The SMILES string of the molecule is CCc1nc(CNCC(O)c2ccc3ccccc3c2)cs1. The van der Waals surface area contributed by atoms with Crippen LogP contribution >= 0.6 is 11.3 Å². The van der Waals surface area contributed by atoms with Crippen LogP contribution < -0.4 is 5.32 Å². The normalized spacial score (nSPS) is 12.6. The first-order chi connectivity index (χ1) is 10.8. The summed E-state index contributed by atoms with van der Waals surface area (Å²) in [6, 6.07) is 14.3. The van der Waals surface area contributed by atoms with E-state index in [0.717, 1.165) is 28.1 Å². The van der Waals surface area contributed by atoms with E-state index in [9.17, 15) is 5.11 Å². The van der Waals surface area contributed by atoms with E-state index in [-0.39, 0.29) is 0 Å². The lowest BCUT2D eigenvalue weighted by Crippen LogP contribution is -2.21. The highest BCUT2D eigenvalue weighted by atomic mass is 32.1. The van der Waals surface area contributed by atoms with Crippen molar-refractivity contribution in [3.63, 3.8) is 0 Å². The number of aliphatic hydroxyl groups is 1. The van der Waals surface area contributed by atoms with Crippen molar-refractivity contribution in [1.82, 2.24) is 10.3 Å². The van der Waals surface area contributed by atoms with Gasteiger partial charge >= 0.3 is 0 Å². The minimum atomic E-state index is -0.506. The Labute approximate surface area is 134 Å². The topological polar surface area (TPSA) is 45.2 Å². The molecule has 1 unspecified atom stereocenters. The van der Waals surface area contributed by atoms with Crippen molar-refractivity contribution in [3.05, 3.63) is 64.1 Å². The smallest absolute Gasteiger partial charge is 0.0926 e. The lowest BCUT2D eigenvalue weighted by molar-refractivity contribution is 0.174. The highest BCUT2D eigenvalue weighted by molar-refractivity contribution is 7.09. The minimum Gasteiger partial charge on any atom is -0.387 e. The molecule has 114 valence electrons. The number of aromatic nitrogens is 1. The van der Waals surface area contributed by atoms with E-state index in [2.05, 4.69) is 46.9 Å². The van der Waals surface area contributed by atoms with E-state index < -0.39 is 6.10 Å². The third-order valence-electron chi connectivity index (χ3n) is 3.70. The van der Waals surface area contributed by atoms with Crippen LogP contribution in [0.4, 0.5) is 0 Å². The second-order valence-corrected chi connectivity index (χ2v) is 6.28. The molecule has 0 aliphatic carbocycles. The first-order valence-electron chi connectivity index (χ1n) is 7.57. The average molecular weight is 312 g/mol. The molecule has 2 aromatic carbocycles. The van der Waals surface area contributed by atoms with E-state index in [1.54, 1.807) is 11.3 Å². The van der Waals surface area contributed by atoms with Gasteiger partial charge in [0.05, 0.1) is 16.8 Å². The second-order valence-electron chi connectivity index (χ2n) is 5.34. The standard InChI is InChI=1S/C18H20N2OS/c1-2-18-20-16(12-22-18)10-19-11-17(21)15-8-7-13-5-3-4-6-14(13)9-15/h3-9,12,17,19,21H,2,10-11H2,1H3. The number of rotatable bonds is 6. The molecule has 1 aromatic heterocycles. The largest absolute Gasteiger partial charge is 0.387 e. The predicted molar refractivity (Wildman–Crippen MR) is 92.1 cm³/mol. The fraction of sp³-hybridized carbons (Fsp3) is 0.278. The number of aryl methyl sites for hydroxylation is 1. The van der Waals surface area contributed by atoms with Gasteiger partial charge in [-0.15, -0.1) is 11.3 Å². The molecule has 1 heterocycles. The summed E-state index contributed by atoms with van der Waals surface area (Å²) in [5, 5.41) is 19.2. The lowest BCUT2D eigenvalue weighted by Gasteiger charge is -2.12. The zero-order valence-electron chi connectivity index (χ0n) is 12.6. The molecule has 4 heteroatoms. The Bertz CT molecular complexity index is 753. The summed E-state index contributed by atoms with van der Waals surface area (Å²) < 4.78 is 0. The Balaban J connectivity index is 1.59. The summed E-state index contributed by atoms with van der Waals surface area (Å²) in [6.45, 7) is 3.33. The lowest BCUT2D eigenvalue weighted by atomic mass is 10.0. The monoisotopic (exact) mass is 312 g/mol. The van der Waals surface area contributed by atoms with Crippen LogP contribution in [0.15, 0.2) is 47.8 Å². The average Bonchev–Trinajstić information content (AvgIpc) is 3.02. The Hall–Kier alpha value is -1.75. The molecule has 0 aliphatic heterocycles. The van der Waals surface area contributed by atoms with Crippen molar-refractivity contribution in [1.29, 1.82) is 0 Å². The quantitative estimate of drug-likeness (QED) is 0.730. The maximum atomic E-state index is 10.3. The molecule has 3 nitrogen and oxygen atoms in total. The maximum absolute atomic E-state index is 10.3. The van der Waals surface area contributed by atoms with E-state index in [4.69, 9.17) is 0 Å². The van der Waals surface area contributed by atoms with Crippen LogP contribution in [0.5, 0.6) is 0 Å². The number of fused-ring (bicyclic) bond motifs is 1. The number of nitrogens with one attached hydrogen (secondary N) is 1. The molecule has 0 fully saturated rings. The van der Waals surface area contributed by atoms with Crippen molar-refractivity contribution in [3.8, 4) is 0 Å². The van der Waals surface area contributed by atoms with Crippen molar-refractivity contribution in [2.75, 3.05) is 6.54 Å². The molecular weight excluding hydrogens is 292 g/mol. The van der Waals surface area contributed by atoms with Gasteiger partial charge in [-0.3, -0.25) is 0 Å². The molecule has 22 heavy (non-hydrogen) atoms. The van der Waals surface area contributed by atoms with Gasteiger partial charge in [0.1, 0.15) is 0 Å². The van der Waals surface area contributed by atoms with Gasteiger partial charge in [-0.1, -0.05) is 43.3 Å². The van der Waals surface area contributed by atoms with Crippen molar-refractivity contribution < 1.29 is 5.11 Å². The second kappa shape index (κ2) is 7.01. The van der Waals surface area contributed by atoms with Gasteiger partial charge in [-0.05, 0) is 28.8 Å². The molecule has 3 aromatic rings. The molecule has 0 bridgehead atoms. The number of hydrogen-bond donors (Lipinski definition) is 2. The summed E-state index contributed by atoms with van der Waals surface area (Å²) in [5.74, 6) is 0. The fourth-order valence-electron chi connectivity index (χ4n) is 2.46. The van der Waals surface area contributed by atoms with Gasteiger partial charge in [0.2, 0.25) is 0 Å². The van der Waals surface area contributed by atoms with E-state index in [0.29, 0.717) is 13.1 Å². The van der Waals surface area contributed by atoms with E-state index in [1.807, 2.05) is 18.2 Å². The summed E-state index contributed by atoms with van der Waals surface area (Å²) in [4.78, 5) is 4.51. The number of thiazole rings is 1. The summed E-state index contributed by atoms with van der Waals surface area (Å²) in [6.07, 6.45) is 0.471. The molecular formula is C18H20N2OS. The molecule has 0 amide bonds. The van der Waals surface area contributed by atoms with Crippen molar-refractivity contribution >= 4 is 22.1 Å². The zero-order chi connectivity index (χ0) is 15.4. The Morgan fingerprint density at radius 1 is 1.18 bits per heavy atom. The van der Waals surface area contributed by atoms with Gasteiger partial charge in [0, 0.05) is 18.5 Å². The van der Waals surface area contributed by atoms with Gasteiger partial charge in [0.25, 0.3) is 0 Å². The van der Waals surface area contributed by atoms with Gasteiger partial charge < -0.3 is 10.4 Å². The minimum absolute atomic E-state index is 0.506. The number of nitrogens with zero attached hydrogens (tertiary/aromatic N) is 1. The maximum Gasteiger partial charge on any atom is 0.0926 e. The van der Waals surface area contributed by atoms with Crippen molar-refractivity contribution in [2.24, 2.45) is 0 Å². The van der Waals surface area contributed by atoms with Crippen LogP contribution in [-0.2, 0) is 13.0 Å². The van der Waals surface area contributed by atoms with Crippen LogP contribution in [0.1, 0.15) is 29.3 Å². The third kappa shape index (κ3) is 3.53. The Kier molecular flexibility index (Phi) is 4.83. The first kappa shape index (κ1) is 15.2. The molecule has 2 N–H and O–H groups in total. The number of hydrogen-bond acceptors (Lipinski definition) is 4. The Morgan fingerprint density at radius 2 is 2.00 bits per heavy atom. The predicted octanol–water partition coefficient (Wildman–Crippen LogP) is 3.68. The summed E-state index contributed by atoms with van der Waals surface area (Å²) >= 11 is 1.69. The molecule has 1 atom stereocenters. The molecule has 0 saturated heterocycles. The highest BCUT2D eigenvalue weighted by Crippen LogP contribution is 2.20. The highest BCUT2D eigenvalue weighted by Gasteiger charge is 2.08.